The van der Waals surface area contributed by atoms with Gasteiger partial charge in [-0.15, -0.1) is 0 Å². The minimum Gasteiger partial charge on any atom is -0.480 e. The Bertz CT molecular complexity index is 305. The monoisotopic (exact) mass is 257 g/mol. The van der Waals surface area contributed by atoms with Crippen LogP contribution in [-0.2, 0) is 14.3 Å². The summed E-state index contributed by atoms with van der Waals surface area (Å²) >= 11 is 0. The van der Waals surface area contributed by atoms with Gasteiger partial charge in [-0.05, 0) is 25.7 Å². The van der Waals surface area contributed by atoms with Crippen LogP contribution in [0.5, 0.6) is 0 Å². The van der Waals surface area contributed by atoms with E-state index in [9.17, 15) is 9.59 Å². The van der Waals surface area contributed by atoms with Crippen LogP contribution in [0.4, 0.5) is 0 Å². The van der Waals surface area contributed by atoms with Crippen molar-refractivity contribution in [3.8, 4) is 0 Å². The Balaban J connectivity index is 2.58. The SMILES string of the molecule is CCC(C)C(NC(=O)C1CCOC(C)C1)C(=O)O. The van der Waals surface area contributed by atoms with Crippen LogP contribution in [0.3, 0.4) is 0 Å². The molecule has 18 heavy (non-hydrogen) atoms. The van der Waals surface area contributed by atoms with Gasteiger partial charge in [0, 0.05) is 12.5 Å². The number of hydrogen-bond donors (Lipinski definition) is 2. The summed E-state index contributed by atoms with van der Waals surface area (Å²) in [5, 5.41) is 11.8. The van der Waals surface area contributed by atoms with E-state index >= 15 is 0 Å². The summed E-state index contributed by atoms with van der Waals surface area (Å²) in [7, 11) is 0. The first-order valence-corrected chi connectivity index (χ1v) is 6.60. The van der Waals surface area contributed by atoms with Crippen molar-refractivity contribution >= 4 is 11.9 Å². The molecule has 2 N–H and O–H groups in total. The molecule has 0 aromatic heterocycles. The molecular weight excluding hydrogens is 234 g/mol. The second-order valence-corrected chi connectivity index (χ2v) is 5.11. The molecule has 1 rings (SSSR count). The number of carbonyl (C=O) groups is 2. The molecule has 5 heteroatoms. The van der Waals surface area contributed by atoms with Gasteiger partial charge in [0.15, 0.2) is 0 Å². The van der Waals surface area contributed by atoms with Gasteiger partial charge in [0.25, 0.3) is 0 Å². The average Bonchev–Trinajstić information content (AvgIpc) is 2.34. The Morgan fingerprint density at radius 2 is 2.17 bits per heavy atom. The maximum atomic E-state index is 12.0. The average molecular weight is 257 g/mol. The molecule has 0 spiro atoms. The number of hydrogen-bond acceptors (Lipinski definition) is 3. The van der Waals surface area contributed by atoms with Crippen LogP contribution in [0.15, 0.2) is 0 Å². The van der Waals surface area contributed by atoms with Gasteiger partial charge in [-0.1, -0.05) is 20.3 Å². The molecule has 5 nitrogen and oxygen atoms in total. The summed E-state index contributed by atoms with van der Waals surface area (Å²) in [5.41, 5.74) is 0. The summed E-state index contributed by atoms with van der Waals surface area (Å²) in [6.45, 7) is 6.26. The molecule has 0 aromatic carbocycles. The summed E-state index contributed by atoms with van der Waals surface area (Å²) < 4.78 is 5.38. The zero-order valence-corrected chi connectivity index (χ0v) is 11.3. The van der Waals surface area contributed by atoms with Gasteiger partial charge < -0.3 is 15.2 Å². The van der Waals surface area contributed by atoms with Crippen LogP contribution < -0.4 is 5.32 Å². The maximum absolute atomic E-state index is 12.0. The minimum absolute atomic E-state index is 0.0660. The van der Waals surface area contributed by atoms with Crippen LogP contribution in [0.1, 0.15) is 40.0 Å². The fraction of sp³-hybridized carbons (Fsp3) is 0.846. The topological polar surface area (TPSA) is 75.6 Å². The lowest BCUT2D eigenvalue weighted by Crippen LogP contribution is -2.48. The quantitative estimate of drug-likeness (QED) is 0.781. The van der Waals surface area contributed by atoms with Gasteiger partial charge in [-0.25, -0.2) is 4.79 Å². The number of amides is 1. The van der Waals surface area contributed by atoms with Crippen molar-refractivity contribution in [3.05, 3.63) is 0 Å². The maximum Gasteiger partial charge on any atom is 0.326 e. The Morgan fingerprint density at radius 3 is 2.67 bits per heavy atom. The summed E-state index contributed by atoms with van der Waals surface area (Å²) in [4.78, 5) is 23.2. The highest BCUT2D eigenvalue weighted by atomic mass is 16.5. The fourth-order valence-corrected chi connectivity index (χ4v) is 2.19. The molecule has 104 valence electrons. The standard InChI is InChI=1S/C13H23NO4/c1-4-8(2)11(13(16)17)14-12(15)10-5-6-18-9(3)7-10/h8-11H,4-7H2,1-3H3,(H,14,15)(H,16,17). The third-order valence-electron chi connectivity index (χ3n) is 3.63. The Morgan fingerprint density at radius 1 is 1.50 bits per heavy atom. The number of nitrogens with one attached hydrogen (secondary N) is 1. The van der Waals surface area contributed by atoms with E-state index in [1.165, 1.54) is 0 Å². The number of carboxylic acid groups (broad SMARTS) is 1. The third-order valence-corrected chi connectivity index (χ3v) is 3.63. The zero-order chi connectivity index (χ0) is 13.7. The molecule has 4 unspecified atom stereocenters. The van der Waals surface area contributed by atoms with E-state index in [1.807, 2.05) is 20.8 Å². The smallest absolute Gasteiger partial charge is 0.326 e. The number of aliphatic carboxylic acids is 1. The Kier molecular flexibility index (Phi) is 5.59. The molecular formula is C13H23NO4. The molecule has 1 heterocycles. The number of carboxylic acids is 1. The van der Waals surface area contributed by atoms with E-state index in [2.05, 4.69) is 5.32 Å². The largest absolute Gasteiger partial charge is 0.480 e. The van der Waals surface area contributed by atoms with Gasteiger partial charge in [-0.3, -0.25) is 4.79 Å². The number of carbonyl (C=O) groups excluding carboxylic acids is 1. The van der Waals surface area contributed by atoms with Crippen LogP contribution in [-0.4, -0.2) is 35.7 Å². The minimum atomic E-state index is -0.960. The number of rotatable bonds is 5. The second-order valence-electron chi connectivity index (χ2n) is 5.11. The van der Waals surface area contributed by atoms with Gasteiger partial charge in [-0.2, -0.15) is 0 Å². The van der Waals surface area contributed by atoms with Gasteiger partial charge in [0.1, 0.15) is 6.04 Å². The van der Waals surface area contributed by atoms with E-state index in [-0.39, 0.29) is 23.8 Å². The summed E-state index contributed by atoms with van der Waals surface area (Å²) in [6.07, 6.45) is 2.13. The van der Waals surface area contributed by atoms with Crippen LogP contribution in [0.25, 0.3) is 0 Å². The molecule has 1 fully saturated rings. The molecule has 1 saturated heterocycles. The van der Waals surface area contributed by atoms with Gasteiger partial charge >= 0.3 is 5.97 Å². The normalized spacial score (nSPS) is 27.3. The first-order valence-electron chi connectivity index (χ1n) is 6.60. The van der Waals surface area contributed by atoms with Crippen molar-refractivity contribution in [2.24, 2.45) is 11.8 Å². The molecule has 0 aromatic rings. The van der Waals surface area contributed by atoms with Crippen LogP contribution in [0.2, 0.25) is 0 Å². The van der Waals surface area contributed by atoms with Crippen LogP contribution >= 0.6 is 0 Å². The van der Waals surface area contributed by atoms with E-state index in [1.54, 1.807) is 0 Å². The highest BCUT2D eigenvalue weighted by Crippen LogP contribution is 2.20. The predicted octanol–water partition coefficient (Wildman–Crippen LogP) is 1.42. The highest BCUT2D eigenvalue weighted by Gasteiger charge is 2.31. The molecule has 0 bridgehead atoms. The Hall–Kier alpha value is -1.10. The predicted molar refractivity (Wildman–Crippen MR) is 67.2 cm³/mol. The van der Waals surface area contributed by atoms with Crippen molar-refractivity contribution in [2.75, 3.05) is 6.61 Å². The second kappa shape index (κ2) is 6.73. The summed E-state index contributed by atoms with van der Waals surface area (Å²) in [6, 6.07) is -0.791. The fourth-order valence-electron chi connectivity index (χ4n) is 2.19. The van der Waals surface area contributed by atoms with Crippen LogP contribution in [0, 0.1) is 11.8 Å². The molecule has 1 aliphatic rings. The van der Waals surface area contributed by atoms with Crippen molar-refractivity contribution in [2.45, 2.75) is 52.2 Å². The molecule has 1 amide bonds. The first-order chi connectivity index (χ1) is 8.45. The third kappa shape index (κ3) is 3.98. The lowest BCUT2D eigenvalue weighted by molar-refractivity contribution is -0.145. The molecule has 0 saturated carbocycles. The Labute approximate surface area is 108 Å². The molecule has 0 radical (unpaired) electrons. The van der Waals surface area contributed by atoms with E-state index < -0.39 is 12.0 Å². The molecule has 4 atom stereocenters. The van der Waals surface area contributed by atoms with Crippen molar-refractivity contribution < 1.29 is 19.4 Å². The number of ether oxygens (including phenoxy) is 1. The van der Waals surface area contributed by atoms with E-state index in [0.29, 0.717) is 19.4 Å². The van der Waals surface area contributed by atoms with Gasteiger partial charge in [0.05, 0.1) is 6.10 Å². The van der Waals surface area contributed by atoms with Gasteiger partial charge in [0.2, 0.25) is 5.91 Å². The van der Waals surface area contributed by atoms with Crippen molar-refractivity contribution in [1.82, 2.24) is 5.32 Å². The molecule has 1 aliphatic heterocycles. The lowest BCUT2D eigenvalue weighted by atomic mass is 9.93. The van der Waals surface area contributed by atoms with Crippen molar-refractivity contribution in [1.29, 1.82) is 0 Å². The lowest BCUT2D eigenvalue weighted by Gasteiger charge is -2.28. The van der Waals surface area contributed by atoms with E-state index in [4.69, 9.17) is 9.84 Å². The van der Waals surface area contributed by atoms with Crippen molar-refractivity contribution in [3.63, 3.8) is 0 Å². The highest BCUT2D eigenvalue weighted by molar-refractivity contribution is 5.85. The molecule has 0 aliphatic carbocycles. The first kappa shape index (κ1) is 15.0. The van der Waals surface area contributed by atoms with E-state index in [0.717, 1.165) is 6.42 Å². The summed E-state index contributed by atoms with van der Waals surface area (Å²) in [5.74, 6) is -1.31. The zero-order valence-electron chi connectivity index (χ0n) is 11.3.